The molecule has 1 aliphatic rings. The van der Waals surface area contributed by atoms with Crippen LogP contribution in [0.25, 0.3) is 0 Å². The van der Waals surface area contributed by atoms with Crippen molar-refractivity contribution >= 4 is 17.6 Å². The third-order valence-corrected chi connectivity index (χ3v) is 4.21. The van der Waals surface area contributed by atoms with E-state index in [1.807, 2.05) is 12.1 Å². The van der Waals surface area contributed by atoms with E-state index in [9.17, 15) is 9.59 Å². The predicted octanol–water partition coefficient (Wildman–Crippen LogP) is 1.91. The van der Waals surface area contributed by atoms with Crippen molar-refractivity contribution in [1.29, 1.82) is 0 Å². The lowest BCUT2D eigenvalue weighted by Gasteiger charge is -2.20. The van der Waals surface area contributed by atoms with E-state index in [2.05, 4.69) is 16.0 Å². The SMILES string of the molecule is CNC(=O)Cc1ccc(NC(=O)N[C@@H]2CCC[C@@H]2COC)cc1. The number of nitrogens with one attached hydrogen (secondary N) is 3. The van der Waals surface area contributed by atoms with Crippen LogP contribution in [-0.4, -0.2) is 38.7 Å². The zero-order valence-electron chi connectivity index (χ0n) is 13.7. The van der Waals surface area contributed by atoms with Crippen molar-refractivity contribution in [2.75, 3.05) is 26.1 Å². The van der Waals surface area contributed by atoms with Crippen molar-refractivity contribution in [2.24, 2.45) is 5.92 Å². The molecule has 1 aromatic carbocycles. The molecule has 1 fully saturated rings. The highest BCUT2D eigenvalue weighted by Crippen LogP contribution is 2.25. The molecule has 23 heavy (non-hydrogen) atoms. The van der Waals surface area contributed by atoms with Crippen LogP contribution in [0.3, 0.4) is 0 Å². The minimum absolute atomic E-state index is 0.0335. The second-order valence-corrected chi connectivity index (χ2v) is 5.90. The minimum Gasteiger partial charge on any atom is -0.384 e. The third-order valence-electron chi connectivity index (χ3n) is 4.21. The van der Waals surface area contributed by atoms with Gasteiger partial charge in [0.25, 0.3) is 0 Å². The number of ether oxygens (including phenoxy) is 1. The van der Waals surface area contributed by atoms with E-state index in [0.717, 1.165) is 24.8 Å². The Kier molecular flexibility index (Phi) is 6.40. The predicted molar refractivity (Wildman–Crippen MR) is 89.4 cm³/mol. The smallest absolute Gasteiger partial charge is 0.319 e. The maximum absolute atomic E-state index is 12.1. The number of hydrogen-bond donors (Lipinski definition) is 3. The molecular weight excluding hydrogens is 294 g/mol. The maximum atomic E-state index is 12.1. The summed E-state index contributed by atoms with van der Waals surface area (Å²) >= 11 is 0. The number of hydrogen-bond acceptors (Lipinski definition) is 3. The maximum Gasteiger partial charge on any atom is 0.319 e. The summed E-state index contributed by atoms with van der Waals surface area (Å²) in [6, 6.07) is 7.26. The van der Waals surface area contributed by atoms with E-state index >= 15 is 0 Å². The van der Waals surface area contributed by atoms with Gasteiger partial charge in [0.1, 0.15) is 0 Å². The quantitative estimate of drug-likeness (QED) is 0.749. The molecule has 2 atom stereocenters. The first-order valence-electron chi connectivity index (χ1n) is 7.98. The normalized spacial score (nSPS) is 20.1. The van der Waals surface area contributed by atoms with Gasteiger partial charge in [0, 0.05) is 31.8 Å². The number of anilines is 1. The molecule has 0 unspecified atom stereocenters. The minimum atomic E-state index is -0.197. The number of amides is 3. The average Bonchev–Trinajstić information content (AvgIpc) is 2.96. The van der Waals surface area contributed by atoms with Crippen LogP contribution >= 0.6 is 0 Å². The molecule has 3 N–H and O–H groups in total. The number of carbonyl (C=O) groups is 2. The summed E-state index contributed by atoms with van der Waals surface area (Å²) in [5.74, 6) is 0.356. The Balaban J connectivity index is 1.84. The Bertz CT molecular complexity index is 530. The van der Waals surface area contributed by atoms with Crippen molar-refractivity contribution in [3.8, 4) is 0 Å². The zero-order chi connectivity index (χ0) is 16.7. The van der Waals surface area contributed by atoms with Crippen molar-refractivity contribution in [3.63, 3.8) is 0 Å². The summed E-state index contributed by atoms with van der Waals surface area (Å²) in [7, 11) is 3.30. The fraction of sp³-hybridized carbons (Fsp3) is 0.529. The lowest BCUT2D eigenvalue weighted by Crippen LogP contribution is -2.41. The summed E-state index contributed by atoms with van der Waals surface area (Å²) in [6.07, 6.45) is 3.54. The van der Waals surface area contributed by atoms with Crippen LogP contribution in [0.4, 0.5) is 10.5 Å². The number of benzene rings is 1. The Morgan fingerprint density at radius 2 is 1.96 bits per heavy atom. The first kappa shape index (κ1) is 17.3. The van der Waals surface area contributed by atoms with E-state index in [-0.39, 0.29) is 18.0 Å². The average molecular weight is 319 g/mol. The highest BCUT2D eigenvalue weighted by atomic mass is 16.5. The van der Waals surface area contributed by atoms with Gasteiger partial charge in [-0.25, -0.2) is 4.79 Å². The number of likely N-dealkylation sites (N-methyl/N-ethyl adjacent to an activating group) is 1. The first-order chi connectivity index (χ1) is 11.1. The summed E-state index contributed by atoms with van der Waals surface area (Å²) in [5, 5.41) is 8.44. The number of methoxy groups -OCH3 is 1. The van der Waals surface area contributed by atoms with Gasteiger partial charge in [0.2, 0.25) is 5.91 Å². The molecule has 6 heteroatoms. The molecule has 0 aliphatic heterocycles. The van der Waals surface area contributed by atoms with Gasteiger partial charge >= 0.3 is 6.03 Å². The van der Waals surface area contributed by atoms with Crippen LogP contribution in [0, 0.1) is 5.92 Å². The molecule has 0 heterocycles. The molecule has 6 nitrogen and oxygen atoms in total. The fourth-order valence-electron chi connectivity index (χ4n) is 2.96. The summed E-state index contributed by atoms with van der Waals surface area (Å²) in [4.78, 5) is 23.4. The first-order valence-corrected chi connectivity index (χ1v) is 7.98. The van der Waals surface area contributed by atoms with Crippen LogP contribution in [0.1, 0.15) is 24.8 Å². The lowest BCUT2D eigenvalue weighted by molar-refractivity contribution is -0.119. The standard InChI is InChI=1S/C17H25N3O3/c1-18-16(21)10-12-6-8-14(9-7-12)19-17(22)20-15-5-3-4-13(15)11-23-2/h6-9,13,15H,3-5,10-11H2,1-2H3,(H,18,21)(H2,19,20,22)/t13-,15-/m1/s1. The molecule has 1 aliphatic carbocycles. The molecule has 0 radical (unpaired) electrons. The Morgan fingerprint density at radius 3 is 2.61 bits per heavy atom. The molecule has 0 saturated heterocycles. The van der Waals surface area contributed by atoms with Crippen molar-refractivity contribution in [1.82, 2.24) is 10.6 Å². The lowest BCUT2D eigenvalue weighted by atomic mass is 10.1. The molecule has 126 valence electrons. The number of carbonyl (C=O) groups excluding carboxylic acids is 2. The summed E-state index contributed by atoms with van der Waals surface area (Å²) < 4.78 is 5.21. The molecule has 0 aromatic heterocycles. The zero-order valence-corrected chi connectivity index (χ0v) is 13.7. The second-order valence-electron chi connectivity index (χ2n) is 5.90. The molecule has 0 spiro atoms. The van der Waals surface area contributed by atoms with Gasteiger partial charge in [-0.05, 0) is 30.5 Å². The van der Waals surface area contributed by atoms with E-state index in [0.29, 0.717) is 24.6 Å². The van der Waals surface area contributed by atoms with E-state index in [1.54, 1.807) is 26.3 Å². The second kappa shape index (κ2) is 8.53. The van der Waals surface area contributed by atoms with Crippen LogP contribution in [0.5, 0.6) is 0 Å². The van der Waals surface area contributed by atoms with Gasteiger partial charge in [0.05, 0.1) is 13.0 Å². The van der Waals surface area contributed by atoms with E-state index in [1.165, 1.54) is 0 Å². The topological polar surface area (TPSA) is 79.5 Å². The van der Waals surface area contributed by atoms with Crippen molar-refractivity contribution in [2.45, 2.75) is 31.7 Å². The van der Waals surface area contributed by atoms with Crippen LogP contribution in [0.2, 0.25) is 0 Å². The van der Waals surface area contributed by atoms with Crippen LogP contribution in [0.15, 0.2) is 24.3 Å². The number of rotatable bonds is 6. The highest BCUT2D eigenvalue weighted by molar-refractivity contribution is 5.89. The van der Waals surface area contributed by atoms with Gasteiger partial charge in [0.15, 0.2) is 0 Å². The Morgan fingerprint density at radius 1 is 1.22 bits per heavy atom. The van der Waals surface area contributed by atoms with Gasteiger partial charge in [-0.1, -0.05) is 18.6 Å². The van der Waals surface area contributed by atoms with Gasteiger partial charge in [-0.3, -0.25) is 4.79 Å². The fourth-order valence-corrected chi connectivity index (χ4v) is 2.96. The number of urea groups is 1. The highest BCUT2D eigenvalue weighted by Gasteiger charge is 2.28. The third kappa shape index (κ3) is 5.25. The summed E-state index contributed by atoms with van der Waals surface area (Å²) in [5.41, 5.74) is 1.62. The van der Waals surface area contributed by atoms with Crippen LogP contribution in [-0.2, 0) is 16.0 Å². The molecule has 0 bridgehead atoms. The van der Waals surface area contributed by atoms with E-state index in [4.69, 9.17) is 4.74 Å². The molecule has 2 rings (SSSR count). The summed E-state index contributed by atoms with van der Waals surface area (Å²) in [6.45, 7) is 0.680. The molecule has 3 amide bonds. The van der Waals surface area contributed by atoms with Gasteiger partial charge in [-0.15, -0.1) is 0 Å². The van der Waals surface area contributed by atoms with Crippen molar-refractivity contribution in [3.05, 3.63) is 29.8 Å². The van der Waals surface area contributed by atoms with Crippen molar-refractivity contribution < 1.29 is 14.3 Å². The van der Waals surface area contributed by atoms with Gasteiger partial charge < -0.3 is 20.7 Å². The van der Waals surface area contributed by atoms with Crippen LogP contribution < -0.4 is 16.0 Å². The molecule has 1 saturated carbocycles. The largest absolute Gasteiger partial charge is 0.384 e. The van der Waals surface area contributed by atoms with E-state index < -0.39 is 0 Å². The molecule has 1 aromatic rings. The monoisotopic (exact) mass is 319 g/mol. The van der Waals surface area contributed by atoms with Gasteiger partial charge in [-0.2, -0.15) is 0 Å². The Hall–Kier alpha value is -2.08. The molecular formula is C17H25N3O3. The Labute approximate surface area is 137 Å².